The molecule has 100 valence electrons. The predicted molar refractivity (Wildman–Crippen MR) is 76.9 cm³/mol. The second-order valence-corrected chi connectivity index (χ2v) is 4.49. The van der Waals surface area contributed by atoms with Gasteiger partial charge in [0.1, 0.15) is 11.6 Å². The monoisotopic (exact) mass is 286 g/mol. The van der Waals surface area contributed by atoms with E-state index in [2.05, 4.69) is 10.4 Å². The van der Waals surface area contributed by atoms with Gasteiger partial charge in [0.25, 0.3) is 5.91 Å². The molecule has 0 atom stereocenters. The van der Waals surface area contributed by atoms with Crippen molar-refractivity contribution in [3.63, 3.8) is 0 Å². The van der Waals surface area contributed by atoms with Crippen LogP contribution in [0.1, 0.15) is 5.56 Å². The first-order chi connectivity index (χ1) is 9.58. The molecule has 1 aromatic heterocycles. The Morgan fingerprint density at radius 2 is 2.10 bits per heavy atom. The number of nitrogens with zero attached hydrogens (tertiary/aromatic N) is 3. The van der Waals surface area contributed by atoms with Gasteiger partial charge >= 0.3 is 0 Å². The maximum Gasteiger partial charge on any atom is 0.267 e. The van der Waals surface area contributed by atoms with Gasteiger partial charge < -0.3 is 5.32 Å². The third kappa shape index (κ3) is 3.46. The van der Waals surface area contributed by atoms with Gasteiger partial charge in [-0.2, -0.15) is 10.4 Å². The van der Waals surface area contributed by atoms with Gasteiger partial charge in [-0.3, -0.25) is 9.48 Å². The predicted octanol–water partition coefficient (Wildman–Crippen LogP) is 2.62. The number of hydrogen-bond donors (Lipinski definition) is 1. The summed E-state index contributed by atoms with van der Waals surface area (Å²) < 4.78 is 1.56. The first kappa shape index (κ1) is 13.8. The molecular weight excluding hydrogens is 276 g/mol. The van der Waals surface area contributed by atoms with E-state index in [0.29, 0.717) is 10.8 Å². The number of aryl methyl sites for hydroxylation is 1. The van der Waals surface area contributed by atoms with Crippen LogP contribution in [0, 0.1) is 11.3 Å². The normalized spacial score (nSPS) is 10.9. The second-order valence-electron chi connectivity index (χ2n) is 4.05. The van der Waals surface area contributed by atoms with Crippen LogP contribution in [0.3, 0.4) is 0 Å². The van der Waals surface area contributed by atoms with Crippen molar-refractivity contribution in [2.45, 2.75) is 0 Å². The standard InChI is InChI=1S/C14H11ClN4O/c1-19-7-6-13(18-19)17-14(20)11(9-16)8-10-2-4-12(15)5-3-10/h2-8H,1H3,(H,17,18,20)/b11-8-. The summed E-state index contributed by atoms with van der Waals surface area (Å²) in [5.74, 6) is -0.101. The molecule has 1 amide bonds. The molecule has 0 aliphatic heterocycles. The maximum absolute atomic E-state index is 11.9. The van der Waals surface area contributed by atoms with Crippen molar-refractivity contribution in [2.75, 3.05) is 5.32 Å². The lowest BCUT2D eigenvalue weighted by atomic mass is 10.1. The van der Waals surface area contributed by atoms with Crippen LogP contribution < -0.4 is 5.32 Å². The summed E-state index contributed by atoms with van der Waals surface area (Å²) in [6.45, 7) is 0. The lowest BCUT2D eigenvalue weighted by molar-refractivity contribution is -0.112. The third-order valence-corrected chi connectivity index (χ3v) is 2.75. The fourth-order valence-electron chi connectivity index (χ4n) is 1.54. The molecule has 20 heavy (non-hydrogen) atoms. The Bertz CT molecular complexity index is 695. The minimum absolute atomic E-state index is 0.00187. The van der Waals surface area contributed by atoms with Gasteiger partial charge in [0.2, 0.25) is 0 Å². The topological polar surface area (TPSA) is 70.7 Å². The number of hydrogen-bond acceptors (Lipinski definition) is 3. The highest BCUT2D eigenvalue weighted by atomic mass is 35.5. The Morgan fingerprint density at radius 3 is 2.65 bits per heavy atom. The SMILES string of the molecule is Cn1ccc(NC(=O)/C(C#N)=C\c2ccc(Cl)cc2)n1. The Morgan fingerprint density at radius 1 is 1.40 bits per heavy atom. The van der Waals surface area contributed by atoms with Gasteiger partial charge in [0, 0.05) is 24.3 Å². The number of carbonyl (C=O) groups is 1. The minimum Gasteiger partial charge on any atom is -0.304 e. The van der Waals surface area contributed by atoms with E-state index in [-0.39, 0.29) is 5.57 Å². The van der Waals surface area contributed by atoms with Gasteiger partial charge in [-0.15, -0.1) is 0 Å². The molecule has 2 rings (SSSR count). The van der Waals surface area contributed by atoms with Crippen molar-refractivity contribution in [2.24, 2.45) is 7.05 Å². The molecule has 0 saturated heterocycles. The Hall–Kier alpha value is -2.58. The third-order valence-electron chi connectivity index (χ3n) is 2.50. The zero-order valence-corrected chi connectivity index (χ0v) is 11.4. The molecule has 0 spiro atoms. The summed E-state index contributed by atoms with van der Waals surface area (Å²) in [6.07, 6.45) is 3.19. The molecule has 1 heterocycles. The molecule has 5 nitrogen and oxygen atoms in total. The molecule has 0 unspecified atom stereocenters. The summed E-state index contributed by atoms with van der Waals surface area (Å²) in [7, 11) is 1.74. The number of rotatable bonds is 3. The average molecular weight is 287 g/mol. The molecule has 1 N–H and O–H groups in total. The highest BCUT2D eigenvalue weighted by molar-refractivity contribution is 6.30. The Labute approximate surface area is 121 Å². The van der Waals surface area contributed by atoms with Gasteiger partial charge in [-0.05, 0) is 23.8 Å². The number of nitrogens with one attached hydrogen (secondary N) is 1. The zero-order valence-electron chi connectivity index (χ0n) is 10.7. The number of benzene rings is 1. The molecule has 0 radical (unpaired) electrons. The summed E-state index contributed by atoms with van der Waals surface area (Å²) in [6, 6.07) is 10.4. The van der Waals surface area contributed by atoms with Crippen LogP contribution in [0.2, 0.25) is 5.02 Å². The van der Waals surface area contributed by atoms with Crippen molar-refractivity contribution < 1.29 is 4.79 Å². The summed E-state index contributed by atoms with van der Waals surface area (Å²) >= 11 is 5.78. The first-order valence-electron chi connectivity index (χ1n) is 5.77. The Balaban J connectivity index is 2.17. The van der Waals surface area contributed by atoms with Gasteiger partial charge in [-0.1, -0.05) is 23.7 Å². The summed E-state index contributed by atoms with van der Waals surface area (Å²) in [5.41, 5.74) is 0.722. The molecule has 6 heteroatoms. The fourth-order valence-corrected chi connectivity index (χ4v) is 1.67. The van der Waals surface area contributed by atoms with E-state index >= 15 is 0 Å². The molecular formula is C14H11ClN4O. The number of carbonyl (C=O) groups excluding carboxylic acids is 1. The van der Waals surface area contributed by atoms with Crippen molar-refractivity contribution in [3.05, 3.63) is 52.7 Å². The smallest absolute Gasteiger partial charge is 0.267 e. The summed E-state index contributed by atoms with van der Waals surface area (Å²) in [4.78, 5) is 11.9. The quantitative estimate of drug-likeness (QED) is 0.696. The van der Waals surface area contributed by atoms with Crippen molar-refractivity contribution in [3.8, 4) is 6.07 Å². The van der Waals surface area contributed by atoms with E-state index in [0.717, 1.165) is 5.56 Å². The maximum atomic E-state index is 11.9. The van der Waals surface area contributed by atoms with Gasteiger partial charge in [-0.25, -0.2) is 0 Å². The highest BCUT2D eigenvalue weighted by Crippen LogP contribution is 2.13. The lowest BCUT2D eigenvalue weighted by Gasteiger charge is -2.00. The molecule has 0 aliphatic carbocycles. The number of anilines is 1. The minimum atomic E-state index is -0.499. The van der Waals surface area contributed by atoms with Gasteiger partial charge in [0.15, 0.2) is 5.82 Å². The van der Waals surface area contributed by atoms with Crippen LogP contribution in [-0.4, -0.2) is 15.7 Å². The van der Waals surface area contributed by atoms with Crippen LogP contribution in [0.15, 0.2) is 42.1 Å². The van der Waals surface area contributed by atoms with E-state index in [1.807, 2.05) is 6.07 Å². The van der Waals surface area contributed by atoms with E-state index < -0.39 is 5.91 Å². The van der Waals surface area contributed by atoms with Crippen LogP contribution in [0.4, 0.5) is 5.82 Å². The Kier molecular flexibility index (Phi) is 4.18. The largest absolute Gasteiger partial charge is 0.304 e. The zero-order chi connectivity index (χ0) is 14.5. The van der Waals surface area contributed by atoms with E-state index in [4.69, 9.17) is 16.9 Å². The molecule has 0 saturated carbocycles. The second kappa shape index (κ2) is 6.04. The molecule has 2 aromatic rings. The van der Waals surface area contributed by atoms with Crippen molar-refractivity contribution >= 4 is 29.4 Å². The number of halogens is 1. The fraction of sp³-hybridized carbons (Fsp3) is 0.0714. The summed E-state index contributed by atoms with van der Waals surface area (Å²) in [5, 5.41) is 16.2. The number of amides is 1. The van der Waals surface area contributed by atoms with Crippen molar-refractivity contribution in [1.29, 1.82) is 5.26 Å². The lowest BCUT2D eigenvalue weighted by Crippen LogP contribution is -2.14. The average Bonchev–Trinajstić information content (AvgIpc) is 2.83. The molecule has 0 bridgehead atoms. The number of aromatic nitrogens is 2. The van der Waals surface area contributed by atoms with E-state index in [1.165, 1.54) is 6.08 Å². The molecule has 0 fully saturated rings. The van der Waals surface area contributed by atoms with Crippen LogP contribution in [-0.2, 0) is 11.8 Å². The van der Waals surface area contributed by atoms with Crippen molar-refractivity contribution in [1.82, 2.24) is 9.78 Å². The van der Waals surface area contributed by atoms with Crippen LogP contribution in [0.25, 0.3) is 6.08 Å². The van der Waals surface area contributed by atoms with Crippen LogP contribution in [0.5, 0.6) is 0 Å². The molecule has 0 aliphatic rings. The van der Waals surface area contributed by atoms with E-state index in [9.17, 15) is 4.79 Å². The van der Waals surface area contributed by atoms with E-state index in [1.54, 1.807) is 48.3 Å². The van der Waals surface area contributed by atoms with Crippen LogP contribution >= 0.6 is 11.6 Å². The van der Waals surface area contributed by atoms with Gasteiger partial charge in [0.05, 0.1) is 0 Å². The first-order valence-corrected chi connectivity index (χ1v) is 6.14. The number of nitriles is 1. The highest BCUT2D eigenvalue weighted by Gasteiger charge is 2.10. The molecule has 1 aromatic carbocycles.